The zero-order valence-electron chi connectivity index (χ0n) is 8.60. The summed E-state index contributed by atoms with van der Waals surface area (Å²) in [6, 6.07) is 0. The second-order valence-electron chi connectivity index (χ2n) is 3.25. The van der Waals surface area contributed by atoms with Crippen LogP contribution in [0.3, 0.4) is 0 Å². The number of anilines is 2. The van der Waals surface area contributed by atoms with Gasteiger partial charge in [0.2, 0.25) is 0 Å². The van der Waals surface area contributed by atoms with Gasteiger partial charge >= 0.3 is 0 Å². The lowest BCUT2D eigenvalue weighted by Gasteiger charge is -2.28. The van der Waals surface area contributed by atoms with Crippen molar-refractivity contribution in [1.29, 1.82) is 0 Å². The molecular weight excluding hydrogens is 212 g/mol. The Kier molecular flexibility index (Phi) is 3.27. The fraction of sp³-hybridized carbons (Fsp3) is 0.556. The molecular formula is C9H14N4OS. The van der Waals surface area contributed by atoms with Crippen molar-refractivity contribution in [3.8, 4) is 0 Å². The Bertz CT molecular complexity index is 341. The highest BCUT2D eigenvalue weighted by atomic mass is 32.1. The van der Waals surface area contributed by atoms with Crippen molar-refractivity contribution < 1.29 is 4.74 Å². The molecule has 1 aliphatic rings. The number of thiol groups is 1. The van der Waals surface area contributed by atoms with E-state index >= 15 is 0 Å². The Hall–Kier alpha value is -1.01. The van der Waals surface area contributed by atoms with E-state index in [9.17, 15) is 0 Å². The van der Waals surface area contributed by atoms with Crippen molar-refractivity contribution in [2.75, 3.05) is 43.6 Å². The minimum atomic E-state index is 0.635. The summed E-state index contributed by atoms with van der Waals surface area (Å²) >= 11 is 4.20. The molecule has 1 saturated heterocycles. The van der Waals surface area contributed by atoms with Crippen molar-refractivity contribution >= 4 is 24.3 Å². The summed E-state index contributed by atoms with van der Waals surface area (Å²) in [5, 5.41) is 3.66. The van der Waals surface area contributed by atoms with E-state index in [4.69, 9.17) is 4.74 Å². The number of nitrogens with zero attached hydrogens (tertiary/aromatic N) is 3. The van der Waals surface area contributed by atoms with Gasteiger partial charge in [-0.3, -0.25) is 0 Å². The monoisotopic (exact) mass is 226 g/mol. The van der Waals surface area contributed by atoms with Crippen LogP contribution in [0.1, 0.15) is 0 Å². The van der Waals surface area contributed by atoms with Gasteiger partial charge in [-0.2, -0.15) is 0 Å². The van der Waals surface area contributed by atoms with Crippen LogP contribution in [0.5, 0.6) is 0 Å². The molecule has 0 aromatic carbocycles. The summed E-state index contributed by atoms with van der Waals surface area (Å²) in [7, 11) is 1.84. The van der Waals surface area contributed by atoms with Gasteiger partial charge in [0.15, 0.2) is 11.6 Å². The molecule has 2 heterocycles. The molecule has 0 aliphatic carbocycles. The van der Waals surface area contributed by atoms with E-state index in [2.05, 4.69) is 32.8 Å². The molecule has 0 unspecified atom stereocenters. The first kappa shape index (κ1) is 10.5. The average Bonchev–Trinajstić information content (AvgIpc) is 2.30. The molecule has 1 fully saturated rings. The molecule has 0 spiro atoms. The Morgan fingerprint density at radius 2 is 2.20 bits per heavy atom. The Balaban J connectivity index is 2.27. The summed E-state index contributed by atoms with van der Waals surface area (Å²) < 4.78 is 5.30. The van der Waals surface area contributed by atoms with E-state index in [0.29, 0.717) is 5.03 Å². The number of aromatic nitrogens is 2. The summed E-state index contributed by atoms with van der Waals surface area (Å²) in [4.78, 5) is 10.8. The summed E-state index contributed by atoms with van der Waals surface area (Å²) in [6.07, 6.45) is 1.64. The average molecular weight is 226 g/mol. The van der Waals surface area contributed by atoms with Crippen LogP contribution in [0.15, 0.2) is 11.2 Å². The fourth-order valence-electron chi connectivity index (χ4n) is 1.54. The van der Waals surface area contributed by atoms with Gasteiger partial charge in [0.05, 0.1) is 19.4 Å². The molecule has 6 heteroatoms. The highest BCUT2D eigenvalue weighted by Crippen LogP contribution is 2.22. The predicted molar refractivity (Wildman–Crippen MR) is 61.9 cm³/mol. The van der Waals surface area contributed by atoms with Crippen LogP contribution in [0.2, 0.25) is 0 Å². The normalized spacial score (nSPS) is 16.5. The third-order valence-electron chi connectivity index (χ3n) is 2.29. The highest BCUT2D eigenvalue weighted by molar-refractivity contribution is 7.80. The summed E-state index contributed by atoms with van der Waals surface area (Å²) in [5.74, 6) is 1.64. The lowest BCUT2D eigenvalue weighted by molar-refractivity contribution is 0.122. The third-order valence-corrected chi connectivity index (χ3v) is 2.50. The standard InChI is InChI=1S/C9H14N4OS/c1-10-8-9(12-7(15)6-11-8)13-2-4-14-5-3-13/h6H,2-5H2,1H3,(H,10,11)(H,12,15). The van der Waals surface area contributed by atoms with E-state index in [-0.39, 0.29) is 0 Å². The van der Waals surface area contributed by atoms with Crippen LogP contribution in [-0.4, -0.2) is 43.3 Å². The van der Waals surface area contributed by atoms with Crippen LogP contribution in [-0.2, 0) is 4.74 Å². The van der Waals surface area contributed by atoms with Crippen molar-refractivity contribution in [3.05, 3.63) is 6.20 Å². The molecule has 82 valence electrons. The van der Waals surface area contributed by atoms with Crippen LogP contribution in [0, 0.1) is 0 Å². The Morgan fingerprint density at radius 1 is 1.47 bits per heavy atom. The maximum absolute atomic E-state index is 5.30. The Morgan fingerprint density at radius 3 is 2.87 bits per heavy atom. The maximum atomic E-state index is 5.30. The molecule has 0 bridgehead atoms. The largest absolute Gasteiger partial charge is 0.378 e. The summed E-state index contributed by atoms with van der Waals surface area (Å²) in [6.45, 7) is 3.17. The van der Waals surface area contributed by atoms with E-state index < -0.39 is 0 Å². The summed E-state index contributed by atoms with van der Waals surface area (Å²) in [5.41, 5.74) is 0. The number of rotatable bonds is 2. The van der Waals surface area contributed by atoms with Crippen molar-refractivity contribution in [3.63, 3.8) is 0 Å². The molecule has 15 heavy (non-hydrogen) atoms. The molecule has 5 nitrogen and oxygen atoms in total. The van der Waals surface area contributed by atoms with Crippen LogP contribution >= 0.6 is 12.6 Å². The smallest absolute Gasteiger partial charge is 0.173 e. The van der Waals surface area contributed by atoms with Gasteiger partial charge in [-0.15, -0.1) is 12.6 Å². The molecule has 1 aromatic heterocycles. The van der Waals surface area contributed by atoms with Gasteiger partial charge in [-0.1, -0.05) is 0 Å². The van der Waals surface area contributed by atoms with Gasteiger partial charge in [-0.25, -0.2) is 9.97 Å². The quantitative estimate of drug-likeness (QED) is 0.725. The number of ether oxygens (including phenoxy) is 1. The van der Waals surface area contributed by atoms with Crippen LogP contribution in [0.25, 0.3) is 0 Å². The lowest BCUT2D eigenvalue weighted by atomic mass is 10.4. The first-order valence-corrected chi connectivity index (χ1v) is 5.32. The van der Waals surface area contributed by atoms with E-state index in [0.717, 1.165) is 37.9 Å². The molecule has 2 rings (SSSR count). The number of hydrogen-bond donors (Lipinski definition) is 2. The van der Waals surface area contributed by atoms with E-state index in [1.807, 2.05) is 7.05 Å². The molecule has 0 amide bonds. The van der Waals surface area contributed by atoms with Crippen molar-refractivity contribution in [2.45, 2.75) is 5.03 Å². The zero-order chi connectivity index (χ0) is 10.7. The SMILES string of the molecule is CNc1ncc(S)nc1N1CCOCC1. The molecule has 1 aliphatic heterocycles. The number of nitrogens with one attached hydrogen (secondary N) is 1. The van der Waals surface area contributed by atoms with Crippen LogP contribution < -0.4 is 10.2 Å². The second kappa shape index (κ2) is 4.67. The van der Waals surface area contributed by atoms with Gasteiger partial charge in [0.1, 0.15) is 5.03 Å². The highest BCUT2D eigenvalue weighted by Gasteiger charge is 2.16. The van der Waals surface area contributed by atoms with Gasteiger partial charge in [0, 0.05) is 20.1 Å². The first-order chi connectivity index (χ1) is 7.31. The minimum absolute atomic E-state index is 0.635. The Labute approximate surface area is 94.3 Å². The van der Waals surface area contributed by atoms with E-state index in [1.165, 1.54) is 0 Å². The molecule has 1 aromatic rings. The molecule has 0 saturated carbocycles. The molecule has 0 radical (unpaired) electrons. The second-order valence-corrected chi connectivity index (χ2v) is 3.71. The van der Waals surface area contributed by atoms with Gasteiger partial charge < -0.3 is 15.0 Å². The van der Waals surface area contributed by atoms with E-state index in [1.54, 1.807) is 6.20 Å². The fourth-order valence-corrected chi connectivity index (χ4v) is 1.69. The predicted octanol–water partition coefficient (Wildman–Crippen LogP) is 0.644. The van der Waals surface area contributed by atoms with Crippen molar-refractivity contribution in [2.24, 2.45) is 0 Å². The van der Waals surface area contributed by atoms with Crippen LogP contribution in [0.4, 0.5) is 11.6 Å². The number of morpholine rings is 1. The molecule has 0 atom stereocenters. The van der Waals surface area contributed by atoms with Gasteiger partial charge in [0.25, 0.3) is 0 Å². The maximum Gasteiger partial charge on any atom is 0.173 e. The zero-order valence-corrected chi connectivity index (χ0v) is 9.50. The third kappa shape index (κ3) is 2.32. The van der Waals surface area contributed by atoms with Crippen molar-refractivity contribution in [1.82, 2.24) is 9.97 Å². The first-order valence-electron chi connectivity index (χ1n) is 4.87. The van der Waals surface area contributed by atoms with Gasteiger partial charge in [-0.05, 0) is 0 Å². The minimum Gasteiger partial charge on any atom is -0.378 e. The molecule has 1 N–H and O–H groups in total. The lowest BCUT2D eigenvalue weighted by Crippen LogP contribution is -2.37. The topological polar surface area (TPSA) is 50.3 Å². The number of hydrogen-bond acceptors (Lipinski definition) is 6.